The standard InChI is InChI=1S/C10H8F6S/c1-2-17-6-3-4-7(9(11,12)13)8(5-6)10(14,15)16/h3-5H,2H2,1H3. The zero-order valence-corrected chi connectivity index (χ0v) is 9.43. The van der Waals surface area contributed by atoms with E-state index in [1.54, 1.807) is 6.92 Å². The van der Waals surface area contributed by atoms with E-state index in [1.165, 1.54) is 0 Å². The number of hydrogen-bond donors (Lipinski definition) is 0. The van der Waals surface area contributed by atoms with Crippen LogP contribution in [0.5, 0.6) is 0 Å². The number of hydrogen-bond acceptors (Lipinski definition) is 1. The van der Waals surface area contributed by atoms with Crippen LogP contribution in [0.3, 0.4) is 0 Å². The van der Waals surface area contributed by atoms with Crippen LogP contribution in [-0.2, 0) is 12.4 Å². The van der Waals surface area contributed by atoms with Crippen LogP contribution in [0.4, 0.5) is 26.3 Å². The van der Waals surface area contributed by atoms with Crippen LogP contribution in [-0.4, -0.2) is 5.75 Å². The maximum atomic E-state index is 12.5. The lowest BCUT2D eigenvalue weighted by Gasteiger charge is -2.16. The molecule has 0 unspecified atom stereocenters. The average molecular weight is 274 g/mol. The van der Waals surface area contributed by atoms with Crippen molar-refractivity contribution in [1.29, 1.82) is 0 Å². The summed E-state index contributed by atoms with van der Waals surface area (Å²) in [5.74, 6) is 0.489. The summed E-state index contributed by atoms with van der Waals surface area (Å²) in [6, 6.07) is 2.06. The smallest absolute Gasteiger partial charge is 0.166 e. The van der Waals surface area contributed by atoms with Crippen LogP contribution in [0.25, 0.3) is 0 Å². The van der Waals surface area contributed by atoms with Gasteiger partial charge in [-0.3, -0.25) is 0 Å². The summed E-state index contributed by atoms with van der Waals surface area (Å²) < 4.78 is 74.6. The Bertz CT molecular complexity index is 393. The number of rotatable bonds is 2. The number of thioether (sulfide) groups is 1. The van der Waals surface area contributed by atoms with Crippen LogP contribution >= 0.6 is 11.8 Å². The minimum atomic E-state index is -5.00. The summed E-state index contributed by atoms with van der Waals surface area (Å²) >= 11 is 1.06. The van der Waals surface area contributed by atoms with E-state index in [0.29, 0.717) is 17.9 Å². The van der Waals surface area contributed by atoms with Crippen molar-refractivity contribution < 1.29 is 26.3 Å². The fraction of sp³-hybridized carbons (Fsp3) is 0.400. The molecular formula is C10H8F6S. The van der Waals surface area contributed by atoms with Crippen molar-refractivity contribution in [2.24, 2.45) is 0 Å². The fourth-order valence-corrected chi connectivity index (χ4v) is 1.96. The Hall–Kier alpha value is -0.850. The van der Waals surface area contributed by atoms with Gasteiger partial charge in [0, 0.05) is 4.90 Å². The molecule has 0 fully saturated rings. The van der Waals surface area contributed by atoms with Crippen LogP contribution in [0, 0.1) is 0 Å². The molecular weight excluding hydrogens is 266 g/mol. The van der Waals surface area contributed by atoms with Crippen LogP contribution in [0.15, 0.2) is 23.1 Å². The van der Waals surface area contributed by atoms with Gasteiger partial charge in [-0.25, -0.2) is 0 Å². The molecule has 1 aromatic rings. The Kier molecular flexibility index (Phi) is 4.01. The molecule has 0 bridgehead atoms. The number of halogens is 6. The summed E-state index contributed by atoms with van der Waals surface area (Å²) in [6.45, 7) is 1.70. The maximum Gasteiger partial charge on any atom is 0.417 e. The van der Waals surface area contributed by atoms with Gasteiger partial charge in [0.15, 0.2) is 0 Å². The Labute approximate surface area is 98.0 Å². The molecule has 0 N–H and O–H groups in total. The number of alkyl halides is 6. The fourth-order valence-electron chi connectivity index (χ4n) is 1.26. The first-order chi connectivity index (χ1) is 7.66. The topological polar surface area (TPSA) is 0 Å². The highest BCUT2D eigenvalue weighted by Gasteiger charge is 2.42. The van der Waals surface area contributed by atoms with Gasteiger partial charge in [-0.2, -0.15) is 26.3 Å². The third kappa shape index (κ3) is 3.55. The minimum Gasteiger partial charge on any atom is -0.166 e. The molecule has 0 radical (unpaired) electrons. The molecule has 1 aromatic carbocycles. The Morgan fingerprint density at radius 3 is 1.88 bits per heavy atom. The first-order valence-electron chi connectivity index (χ1n) is 4.57. The molecule has 0 amide bonds. The molecule has 0 aliphatic carbocycles. The van der Waals surface area contributed by atoms with Crippen LogP contribution in [0.2, 0.25) is 0 Å². The SMILES string of the molecule is CCSc1ccc(C(F)(F)F)c(C(F)(F)F)c1. The summed E-state index contributed by atoms with van der Waals surface area (Å²) in [5.41, 5.74) is -3.28. The molecule has 7 heteroatoms. The monoisotopic (exact) mass is 274 g/mol. The van der Waals surface area contributed by atoms with Crippen molar-refractivity contribution in [3.8, 4) is 0 Å². The third-order valence-corrected chi connectivity index (χ3v) is 2.79. The molecule has 0 saturated heterocycles. The lowest BCUT2D eigenvalue weighted by Crippen LogP contribution is -2.16. The highest BCUT2D eigenvalue weighted by atomic mass is 32.2. The van der Waals surface area contributed by atoms with Gasteiger partial charge >= 0.3 is 12.4 Å². The van der Waals surface area contributed by atoms with Gasteiger partial charge in [0.1, 0.15) is 0 Å². The lowest BCUT2D eigenvalue weighted by atomic mass is 10.1. The molecule has 0 aromatic heterocycles. The molecule has 0 spiro atoms. The maximum absolute atomic E-state index is 12.5. The first kappa shape index (κ1) is 14.2. The van der Waals surface area contributed by atoms with Gasteiger partial charge in [0.05, 0.1) is 11.1 Å². The zero-order chi connectivity index (χ0) is 13.3. The Morgan fingerprint density at radius 1 is 0.941 bits per heavy atom. The predicted octanol–water partition coefficient (Wildman–Crippen LogP) is 4.84. The van der Waals surface area contributed by atoms with Gasteiger partial charge in [0.25, 0.3) is 0 Å². The molecule has 0 aliphatic heterocycles. The van der Waals surface area contributed by atoms with Crippen LogP contribution in [0.1, 0.15) is 18.1 Å². The van der Waals surface area contributed by atoms with E-state index >= 15 is 0 Å². The van der Waals surface area contributed by atoms with Gasteiger partial charge in [-0.1, -0.05) is 6.92 Å². The minimum absolute atomic E-state index is 0.174. The third-order valence-electron chi connectivity index (χ3n) is 1.91. The van der Waals surface area contributed by atoms with Gasteiger partial charge in [-0.15, -0.1) is 11.8 Å². The normalized spacial score (nSPS) is 12.9. The second-order valence-electron chi connectivity index (χ2n) is 3.14. The molecule has 17 heavy (non-hydrogen) atoms. The van der Waals surface area contributed by atoms with E-state index in [2.05, 4.69) is 0 Å². The van der Waals surface area contributed by atoms with E-state index in [1.807, 2.05) is 0 Å². The van der Waals surface area contributed by atoms with E-state index in [4.69, 9.17) is 0 Å². The molecule has 0 saturated carbocycles. The van der Waals surface area contributed by atoms with E-state index in [9.17, 15) is 26.3 Å². The first-order valence-corrected chi connectivity index (χ1v) is 5.56. The summed E-state index contributed by atoms with van der Waals surface area (Å²) in [7, 11) is 0. The molecule has 0 heterocycles. The molecule has 96 valence electrons. The van der Waals surface area contributed by atoms with Crippen molar-refractivity contribution in [1.82, 2.24) is 0 Å². The van der Waals surface area contributed by atoms with E-state index in [0.717, 1.165) is 17.8 Å². The van der Waals surface area contributed by atoms with Crippen LogP contribution < -0.4 is 0 Å². The van der Waals surface area contributed by atoms with Crippen molar-refractivity contribution >= 4 is 11.8 Å². The Morgan fingerprint density at radius 2 is 1.47 bits per heavy atom. The lowest BCUT2D eigenvalue weighted by molar-refractivity contribution is -0.162. The average Bonchev–Trinajstić information content (AvgIpc) is 2.15. The zero-order valence-electron chi connectivity index (χ0n) is 8.62. The van der Waals surface area contributed by atoms with Crippen molar-refractivity contribution in [3.63, 3.8) is 0 Å². The van der Waals surface area contributed by atoms with Crippen molar-refractivity contribution in [2.45, 2.75) is 24.2 Å². The van der Waals surface area contributed by atoms with Gasteiger partial charge in [0.2, 0.25) is 0 Å². The summed E-state index contributed by atoms with van der Waals surface area (Å²) in [5, 5.41) is 0. The second-order valence-corrected chi connectivity index (χ2v) is 4.47. The molecule has 0 aliphatic rings. The highest BCUT2D eigenvalue weighted by Crippen LogP contribution is 2.41. The molecule has 1 rings (SSSR count). The highest BCUT2D eigenvalue weighted by molar-refractivity contribution is 7.99. The van der Waals surface area contributed by atoms with Crippen molar-refractivity contribution in [3.05, 3.63) is 29.3 Å². The summed E-state index contributed by atoms with van der Waals surface area (Å²) in [6.07, 6.45) is -10.0. The quantitative estimate of drug-likeness (QED) is 0.549. The van der Waals surface area contributed by atoms with E-state index in [-0.39, 0.29) is 4.90 Å². The molecule has 0 atom stereocenters. The Balaban J connectivity index is 3.33. The van der Waals surface area contributed by atoms with Gasteiger partial charge < -0.3 is 0 Å². The van der Waals surface area contributed by atoms with Crippen molar-refractivity contribution in [2.75, 3.05) is 5.75 Å². The molecule has 0 nitrogen and oxygen atoms in total. The van der Waals surface area contributed by atoms with E-state index < -0.39 is 23.5 Å². The predicted molar refractivity (Wildman–Crippen MR) is 52.8 cm³/mol. The summed E-state index contributed by atoms with van der Waals surface area (Å²) in [4.78, 5) is 0.174. The van der Waals surface area contributed by atoms with Gasteiger partial charge in [-0.05, 0) is 24.0 Å². The number of benzene rings is 1. The largest absolute Gasteiger partial charge is 0.417 e. The second kappa shape index (κ2) is 4.80.